The van der Waals surface area contributed by atoms with E-state index in [0.29, 0.717) is 31.3 Å². The largest absolute Gasteiger partial charge is 0.356 e. The SMILES string of the molecule is Cc1c2cnn(-c3ccccc3)c(=O)c2c(C)n1CCCC(=O)NC[C@@H](C)c1ccccc1. The Labute approximate surface area is 193 Å². The number of nitrogens with zero attached hydrogens (tertiary/aromatic N) is 3. The lowest BCUT2D eigenvalue weighted by atomic mass is 10.0. The first-order valence-corrected chi connectivity index (χ1v) is 11.4. The van der Waals surface area contributed by atoms with Crippen LogP contribution in [0.15, 0.2) is 71.7 Å². The molecule has 6 heteroatoms. The van der Waals surface area contributed by atoms with E-state index in [1.54, 1.807) is 6.20 Å². The molecule has 1 atom stereocenters. The summed E-state index contributed by atoms with van der Waals surface area (Å²) in [7, 11) is 0. The number of carbonyl (C=O) groups excluding carboxylic acids is 1. The number of carbonyl (C=O) groups is 1. The highest BCUT2D eigenvalue weighted by atomic mass is 16.1. The molecule has 0 spiro atoms. The summed E-state index contributed by atoms with van der Waals surface area (Å²) in [4.78, 5) is 25.6. The fourth-order valence-corrected chi connectivity index (χ4v) is 4.35. The van der Waals surface area contributed by atoms with Gasteiger partial charge >= 0.3 is 0 Å². The Morgan fingerprint density at radius 1 is 1.00 bits per heavy atom. The lowest BCUT2D eigenvalue weighted by Crippen LogP contribution is -2.27. The van der Waals surface area contributed by atoms with E-state index < -0.39 is 0 Å². The highest BCUT2D eigenvalue weighted by Gasteiger charge is 2.17. The van der Waals surface area contributed by atoms with Gasteiger partial charge < -0.3 is 9.88 Å². The number of aryl methyl sites for hydroxylation is 2. The number of hydrogen-bond acceptors (Lipinski definition) is 3. The summed E-state index contributed by atoms with van der Waals surface area (Å²) in [6.45, 7) is 7.39. The molecule has 1 N–H and O–H groups in total. The Morgan fingerprint density at radius 2 is 1.67 bits per heavy atom. The summed E-state index contributed by atoms with van der Waals surface area (Å²) in [6, 6.07) is 19.6. The highest BCUT2D eigenvalue weighted by Crippen LogP contribution is 2.23. The Kier molecular flexibility index (Phi) is 6.73. The van der Waals surface area contributed by atoms with E-state index in [4.69, 9.17) is 0 Å². The van der Waals surface area contributed by atoms with Crippen LogP contribution in [-0.2, 0) is 11.3 Å². The molecule has 6 nitrogen and oxygen atoms in total. The second-order valence-electron chi connectivity index (χ2n) is 8.53. The van der Waals surface area contributed by atoms with Gasteiger partial charge in [0.2, 0.25) is 5.91 Å². The Balaban J connectivity index is 1.42. The zero-order valence-corrected chi connectivity index (χ0v) is 19.4. The number of hydrogen-bond donors (Lipinski definition) is 1. The number of amides is 1. The third kappa shape index (κ3) is 4.75. The quantitative estimate of drug-likeness (QED) is 0.437. The van der Waals surface area contributed by atoms with Crippen molar-refractivity contribution in [3.63, 3.8) is 0 Å². The third-order valence-electron chi connectivity index (χ3n) is 6.30. The van der Waals surface area contributed by atoms with Crippen LogP contribution in [0.1, 0.15) is 42.6 Å². The first-order valence-electron chi connectivity index (χ1n) is 11.4. The van der Waals surface area contributed by atoms with Crippen molar-refractivity contribution in [2.24, 2.45) is 0 Å². The minimum atomic E-state index is -0.120. The molecule has 0 radical (unpaired) electrons. The van der Waals surface area contributed by atoms with Crippen LogP contribution in [0.4, 0.5) is 0 Å². The molecule has 0 aliphatic heterocycles. The second kappa shape index (κ2) is 9.86. The molecule has 0 aliphatic carbocycles. The van der Waals surface area contributed by atoms with Crippen molar-refractivity contribution in [2.75, 3.05) is 6.54 Å². The molecule has 0 aliphatic rings. The third-order valence-corrected chi connectivity index (χ3v) is 6.30. The van der Waals surface area contributed by atoms with E-state index in [0.717, 1.165) is 22.5 Å². The van der Waals surface area contributed by atoms with Crippen molar-refractivity contribution in [1.29, 1.82) is 0 Å². The summed E-state index contributed by atoms with van der Waals surface area (Å²) in [5.41, 5.74) is 3.77. The van der Waals surface area contributed by atoms with Gasteiger partial charge in [-0.25, -0.2) is 0 Å². The van der Waals surface area contributed by atoms with Crippen LogP contribution >= 0.6 is 0 Å². The smallest absolute Gasteiger partial charge is 0.281 e. The lowest BCUT2D eigenvalue weighted by Gasteiger charge is -2.13. The zero-order chi connectivity index (χ0) is 23.4. The molecule has 33 heavy (non-hydrogen) atoms. The maximum Gasteiger partial charge on any atom is 0.281 e. The molecule has 0 saturated carbocycles. The van der Waals surface area contributed by atoms with Crippen LogP contribution in [-0.4, -0.2) is 26.8 Å². The van der Waals surface area contributed by atoms with Gasteiger partial charge in [-0.15, -0.1) is 0 Å². The Bertz CT molecular complexity index is 1310. The maximum absolute atomic E-state index is 13.2. The molecular formula is C27H30N4O2. The summed E-state index contributed by atoms with van der Waals surface area (Å²) in [5.74, 6) is 0.326. The van der Waals surface area contributed by atoms with Gasteiger partial charge in [0, 0.05) is 36.3 Å². The molecule has 0 saturated heterocycles. The molecule has 170 valence electrons. The molecular weight excluding hydrogens is 412 g/mol. The minimum Gasteiger partial charge on any atom is -0.356 e. The minimum absolute atomic E-state index is 0.0536. The van der Waals surface area contributed by atoms with Crippen molar-refractivity contribution in [2.45, 2.75) is 46.1 Å². The van der Waals surface area contributed by atoms with E-state index in [-0.39, 0.29) is 17.4 Å². The summed E-state index contributed by atoms with van der Waals surface area (Å²) >= 11 is 0. The van der Waals surface area contributed by atoms with E-state index in [1.807, 2.05) is 62.4 Å². The van der Waals surface area contributed by atoms with Gasteiger partial charge in [-0.1, -0.05) is 55.5 Å². The van der Waals surface area contributed by atoms with Crippen molar-refractivity contribution in [3.05, 3.63) is 94.2 Å². The molecule has 2 aromatic carbocycles. The van der Waals surface area contributed by atoms with Crippen LogP contribution in [0.25, 0.3) is 16.5 Å². The van der Waals surface area contributed by atoms with Crippen molar-refractivity contribution < 1.29 is 4.79 Å². The van der Waals surface area contributed by atoms with E-state index in [1.165, 1.54) is 10.2 Å². The molecule has 0 bridgehead atoms. The van der Waals surface area contributed by atoms with Crippen molar-refractivity contribution in [1.82, 2.24) is 19.7 Å². The van der Waals surface area contributed by atoms with Crippen LogP contribution in [0.5, 0.6) is 0 Å². The monoisotopic (exact) mass is 442 g/mol. The average molecular weight is 443 g/mol. The van der Waals surface area contributed by atoms with E-state index in [9.17, 15) is 9.59 Å². The van der Waals surface area contributed by atoms with Gasteiger partial charge in [0.25, 0.3) is 5.56 Å². The van der Waals surface area contributed by atoms with Crippen molar-refractivity contribution >= 4 is 16.7 Å². The van der Waals surface area contributed by atoms with E-state index >= 15 is 0 Å². The number of nitrogens with one attached hydrogen (secondary N) is 1. The van der Waals surface area contributed by atoms with Gasteiger partial charge in [-0.05, 0) is 43.9 Å². The predicted molar refractivity (Wildman–Crippen MR) is 132 cm³/mol. The first kappa shape index (κ1) is 22.5. The number of rotatable bonds is 8. The molecule has 2 heterocycles. The van der Waals surface area contributed by atoms with Crippen molar-refractivity contribution in [3.8, 4) is 5.69 Å². The van der Waals surface area contributed by atoms with Gasteiger partial charge in [-0.3, -0.25) is 9.59 Å². The first-order chi connectivity index (χ1) is 16.0. The highest BCUT2D eigenvalue weighted by molar-refractivity contribution is 5.87. The topological polar surface area (TPSA) is 68.9 Å². The van der Waals surface area contributed by atoms with Gasteiger partial charge in [0.1, 0.15) is 0 Å². The van der Waals surface area contributed by atoms with Crippen LogP contribution in [0, 0.1) is 13.8 Å². The van der Waals surface area contributed by atoms with E-state index in [2.05, 4.69) is 34.0 Å². The van der Waals surface area contributed by atoms with Crippen LogP contribution < -0.4 is 10.9 Å². The predicted octanol–water partition coefficient (Wildman–Crippen LogP) is 4.50. The average Bonchev–Trinajstić information content (AvgIpc) is 3.09. The van der Waals surface area contributed by atoms with Crippen LogP contribution in [0.3, 0.4) is 0 Å². The second-order valence-corrected chi connectivity index (χ2v) is 8.53. The standard InChI is InChI=1S/C27H30N4O2/c1-19(22-11-6-4-7-12-22)17-28-25(32)15-10-16-30-20(2)24-18-29-31(23-13-8-5-9-14-23)27(33)26(24)21(30)3/h4-9,11-14,18-19H,10,15-17H2,1-3H3,(H,28,32)/t19-/m1/s1. The summed E-state index contributed by atoms with van der Waals surface area (Å²) in [6.07, 6.45) is 2.91. The number of fused-ring (bicyclic) bond motifs is 1. The molecule has 0 fully saturated rings. The molecule has 1 amide bonds. The van der Waals surface area contributed by atoms with Crippen LogP contribution in [0.2, 0.25) is 0 Å². The number of aromatic nitrogens is 3. The zero-order valence-electron chi connectivity index (χ0n) is 19.4. The Morgan fingerprint density at radius 3 is 2.36 bits per heavy atom. The molecule has 0 unspecified atom stereocenters. The fourth-order valence-electron chi connectivity index (χ4n) is 4.35. The lowest BCUT2D eigenvalue weighted by molar-refractivity contribution is -0.121. The molecule has 2 aromatic heterocycles. The maximum atomic E-state index is 13.2. The molecule has 4 rings (SSSR count). The summed E-state index contributed by atoms with van der Waals surface area (Å²) in [5, 5.41) is 8.99. The fraction of sp³-hybridized carbons (Fsp3) is 0.296. The van der Waals surface area contributed by atoms with Gasteiger partial charge in [-0.2, -0.15) is 9.78 Å². The number of benzene rings is 2. The Hall–Kier alpha value is -3.67. The summed E-state index contributed by atoms with van der Waals surface area (Å²) < 4.78 is 3.57. The normalized spacial score (nSPS) is 12.1. The molecule has 4 aromatic rings. The van der Waals surface area contributed by atoms with Gasteiger partial charge in [0.15, 0.2) is 0 Å². The van der Waals surface area contributed by atoms with Gasteiger partial charge in [0.05, 0.1) is 17.3 Å². The number of para-hydroxylation sites is 1.